The molecule has 586 valence electrons. The van der Waals surface area contributed by atoms with Gasteiger partial charge in [0.2, 0.25) is 0 Å². The fraction of sp³-hybridized carbons (Fsp3) is 0.337. The molecule has 4 N–H and O–H groups in total. The summed E-state index contributed by atoms with van der Waals surface area (Å²) in [4.78, 5) is 108. The zero-order valence-corrected chi connectivity index (χ0v) is 63.5. The molecule has 4 atom stereocenters. The van der Waals surface area contributed by atoms with Gasteiger partial charge < -0.3 is 48.5 Å². The van der Waals surface area contributed by atoms with E-state index >= 15 is 0 Å². The number of ether oxygens (including phenoxy) is 5. The summed E-state index contributed by atoms with van der Waals surface area (Å²) in [6.07, 6.45) is 26.8. The lowest BCUT2D eigenvalue weighted by molar-refractivity contribution is -0.146. The number of carboxylic acid groups (broad SMARTS) is 4. The molecule has 1 aromatic heterocycles. The number of carboxylic acids is 4. The summed E-state index contributed by atoms with van der Waals surface area (Å²) in [5.74, 6) is -4.34. The molecule has 4 unspecified atom stereocenters. The van der Waals surface area contributed by atoms with E-state index in [4.69, 9.17) is 28.1 Å². The standard InChI is InChI=1S/C24H26O4.C23H23FO4.C23H24O5.C22H24O6/c1-17(25)21-16-20(19-10-6-3-7-11-19)13-15-22(21)28-23(24(26)27)14-12-18-8-4-2-5-9-18;24-19-11-7-17(8-12-19)22(25)18-9-13-20(14-10-18)28-21(23(26)27)15-6-16-4-2-1-3-5-16;24-22(25)21(16-15-17-9-3-1-4-10-17)28-20-14-8-7-13-19(20)23(26)27-18-11-5-2-6-12-18;1-13-12-19(24)28-21-16(13)9-11-17(20(21)14(2)23)27-18(22(25)26)10-8-15-6-4-3-5-7-15/h3,6-8,10-11,13,15-16,23H,2,4-5,9,12,14H2,1H3,(H,26,27);4,7-14,21H,1-3,5-6,15H2,(H,26,27);2,5-9,11-14,21H,1,3-4,10,15-16H2,(H,24,25);6,9,11-12,18H,3-5,7-8,10H2,1-2H3,(H,25,26). The molecule has 4 aliphatic carbocycles. The molecule has 0 amide bonds. The average molecular weight is 1530 g/mol. The van der Waals surface area contributed by atoms with E-state index in [0.29, 0.717) is 89.8 Å². The maximum absolute atomic E-state index is 13.0. The minimum atomic E-state index is -1.09. The van der Waals surface area contributed by atoms with Gasteiger partial charge in [-0.2, -0.15) is 0 Å². The summed E-state index contributed by atoms with van der Waals surface area (Å²) in [6.45, 7) is 4.56. The summed E-state index contributed by atoms with van der Waals surface area (Å²) >= 11 is 0. The molecule has 0 saturated heterocycles. The number of ketones is 3. The molecule has 4 aliphatic rings. The highest BCUT2D eigenvalue weighted by Crippen LogP contribution is 2.35. The first-order chi connectivity index (χ1) is 54.1. The fourth-order valence-corrected chi connectivity index (χ4v) is 13.7. The number of rotatable bonds is 31. The molecule has 7 aromatic carbocycles. The van der Waals surface area contributed by atoms with E-state index in [0.717, 1.165) is 88.2 Å². The van der Waals surface area contributed by atoms with Crippen LogP contribution in [0.4, 0.5) is 4.39 Å². The van der Waals surface area contributed by atoms with Crippen LogP contribution in [0.3, 0.4) is 0 Å². The number of carbonyl (C=O) groups excluding carboxylic acids is 4. The summed E-state index contributed by atoms with van der Waals surface area (Å²) in [7, 11) is 0. The van der Waals surface area contributed by atoms with Gasteiger partial charge in [-0.25, -0.2) is 33.2 Å². The Kier molecular flexibility index (Phi) is 32.3. The summed E-state index contributed by atoms with van der Waals surface area (Å²) < 4.78 is 46.5. The van der Waals surface area contributed by atoms with E-state index in [-0.39, 0.29) is 45.6 Å². The van der Waals surface area contributed by atoms with Gasteiger partial charge in [-0.1, -0.05) is 113 Å². The van der Waals surface area contributed by atoms with Gasteiger partial charge in [0.15, 0.2) is 47.3 Å². The number of esters is 1. The van der Waals surface area contributed by atoms with Crippen LogP contribution in [0, 0.1) is 12.7 Å². The van der Waals surface area contributed by atoms with Crippen molar-refractivity contribution in [2.45, 2.75) is 199 Å². The number of benzene rings is 7. The summed E-state index contributed by atoms with van der Waals surface area (Å²) in [5, 5.41) is 38.8. The Bertz CT molecular complexity index is 4760. The molecule has 112 heavy (non-hydrogen) atoms. The SMILES string of the molecule is CC(=O)c1c(OC(CCC2=CCCCC2)C(=O)O)ccc2c(C)cc(=O)oc12.CC(=O)c1cc(-c2ccccc2)ccc1OC(CCC1=CCCCC1)C(=O)O.O=C(Oc1ccccc1)c1ccccc1OC(CCC1=CCCCC1)C(=O)O.O=C(c1ccc(F)cc1)c1ccc(OC(CCC2=CCCCC2)C(=O)O)cc1. The highest BCUT2D eigenvalue weighted by atomic mass is 19.1. The first-order valence-corrected chi connectivity index (χ1v) is 38.4. The largest absolute Gasteiger partial charge is 0.479 e. The van der Waals surface area contributed by atoms with Gasteiger partial charge in [0, 0.05) is 22.6 Å². The number of carbonyl (C=O) groups is 8. The fourth-order valence-electron chi connectivity index (χ4n) is 13.7. The quantitative estimate of drug-likeness (QED) is 0.0103. The van der Waals surface area contributed by atoms with Crippen LogP contribution < -0.4 is 29.3 Å². The number of aryl methyl sites for hydroxylation is 1. The molecule has 0 aliphatic heterocycles. The van der Waals surface area contributed by atoms with Gasteiger partial charge >= 0.3 is 35.5 Å². The number of hydrogen-bond donors (Lipinski definition) is 4. The number of aliphatic carboxylic acids is 4. The van der Waals surface area contributed by atoms with Gasteiger partial charge in [-0.05, 0) is 289 Å². The van der Waals surface area contributed by atoms with Crippen molar-refractivity contribution in [3.8, 4) is 39.9 Å². The number of halogens is 1. The maximum atomic E-state index is 13.0. The molecule has 19 nitrogen and oxygen atoms in total. The van der Waals surface area contributed by atoms with Crippen molar-refractivity contribution in [3.63, 3.8) is 0 Å². The van der Waals surface area contributed by atoms with Gasteiger partial charge in [0.25, 0.3) is 0 Å². The minimum absolute atomic E-state index is 0.0985. The van der Waals surface area contributed by atoms with Crippen LogP contribution in [-0.2, 0) is 19.2 Å². The van der Waals surface area contributed by atoms with E-state index in [1.54, 1.807) is 104 Å². The number of fused-ring (bicyclic) bond motifs is 1. The second-order valence-corrected chi connectivity index (χ2v) is 28.2. The molecular formula is C92H97FO19. The van der Waals surface area contributed by atoms with Gasteiger partial charge in [0.1, 0.15) is 45.7 Å². The molecule has 0 bridgehead atoms. The minimum Gasteiger partial charge on any atom is -0.479 e. The monoisotopic (exact) mass is 1520 g/mol. The van der Waals surface area contributed by atoms with Crippen LogP contribution in [-0.4, -0.2) is 92.0 Å². The van der Waals surface area contributed by atoms with Crippen molar-refractivity contribution in [2.24, 2.45) is 0 Å². The molecule has 20 heteroatoms. The Morgan fingerprint density at radius 3 is 1.29 bits per heavy atom. The number of para-hydroxylation sites is 2. The lowest BCUT2D eigenvalue weighted by atomic mass is 9.95. The molecule has 1 heterocycles. The maximum Gasteiger partial charge on any atom is 0.347 e. The molecule has 0 fully saturated rings. The number of Topliss-reactive ketones (excluding diaryl/α,β-unsaturated/α-hetero) is 2. The van der Waals surface area contributed by atoms with E-state index < -0.39 is 65.7 Å². The number of hydrogen-bond acceptors (Lipinski definition) is 15. The topological polar surface area (TPSA) is 294 Å². The van der Waals surface area contributed by atoms with Gasteiger partial charge in [-0.15, -0.1) is 0 Å². The van der Waals surface area contributed by atoms with Crippen LogP contribution in [0.1, 0.15) is 221 Å². The van der Waals surface area contributed by atoms with E-state index in [1.807, 2.05) is 42.5 Å². The normalized spacial score (nSPS) is 14.9. The molecule has 12 rings (SSSR count). The second kappa shape index (κ2) is 43.0. The molecular weight excluding hydrogens is 1430 g/mol. The van der Waals surface area contributed by atoms with E-state index in [2.05, 4.69) is 24.3 Å². The van der Waals surface area contributed by atoms with Crippen LogP contribution in [0.25, 0.3) is 22.1 Å². The third-order valence-electron chi connectivity index (χ3n) is 19.8. The van der Waals surface area contributed by atoms with Crippen molar-refractivity contribution in [3.05, 3.63) is 266 Å². The first-order valence-electron chi connectivity index (χ1n) is 38.4. The predicted octanol–water partition coefficient (Wildman–Crippen LogP) is 20.3. The molecule has 0 saturated carbocycles. The number of allylic oxidation sites excluding steroid dienone is 8. The van der Waals surface area contributed by atoms with Gasteiger partial charge in [0.05, 0.1) is 5.56 Å². The smallest absolute Gasteiger partial charge is 0.347 e. The van der Waals surface area contributed by atoms with Crippen molar-refractivity contribution < 1.29 is 91.3 Å². The van der Waals surface area contributed by atoms with Gasteiger partial charge in [-0.3, -0.25) is 14.4 Å². The Morgan fingerprint density at radius 2 is 0.839 bits per heavy atom. The van der Waals surface area contributed by atoms with E-state index in [9.17, 15) is 68.0 Å². The Hall–Kier alpha value is -11.8. The zero-order valence-electron chi connectivity index (χ0n) is 63.5. The second-order valence-electron chi connectivity index (χ2n) is 28.2. The summed E-state index contributed by atoms with van der Waals surface area (Å²) in [6, 6.07) is 46.7. The first kappa shape index (κ1) is 84.2. The molecule has 0 radical (unpaired) electrons. The van der Waals surface area contributed by atoms with Crippen LogP contribution in [0.5, 0.6) is 28.7 Å². The highest BCUT2D eigenvalue weighted by Gasteiger charge is 2.29. The van der Waals surface area contributed by atoms with E-state index in [1.165, 1.54) is 98.6 Å². The van der Waals surface area contributed by atoms with Crippen molar-refractivity contribution in [1.29, 1.82) is 0 Å². The molecule has 0 spiro atoms. The average Bonchev–Trinajstić information content (AvgIpc) is 0.774. The predicted molar refractivity (Wildman–Crippen MR) is 425 cm³/mol. The lowest BCUT2D eigenvalue weighted by Crippen LogP contribution is -2.28. The Morgan fingerprint density at radius 1 is 0.420 bits per heavy atom. The Balaban J connectivity index is 0.000000171. The summed E-state index contributed by atoms with van der Waals surface area (Å²) in [5.41, 5.74) is 8.84. The Labute approximate surface area is 651 Å². The highest BCUT2D eigenvalue weighted by molar-refractivity contribution is 6.09. The van der Waals surface area contributed by atoms with Crippen LogP contribution in [0.15, 0.2) is 226 Å². The van der Waals surface area contributed by atoms with Crippen LogP contribution in [0.2, 0.25) is 0 Å². The third kappa shape index (κ3) is 25.9. The van der Waals surface area contributed by atoms with Crippen molar-refractivity contribution in [1.82, 2.24) is 0 Å². The third-order valence-corrected chi connectivity index (χ3v) is 19.8. The van der Waals surface area contributed by atoms with Crippen molar-refractivity contribution in [2.75, 3.05) is 0 Å². The van der Waals surface area contributed by atoms with Crippen molar-refractivity contribution >= 4 is 58.2 Å². The lowest BCUT2D eigenvalue weighted by Gasteiger charge is -2.19. The van der Waals surface area contributed by atoms with Crippen LogP contribution >= 0.6 is 0 Å². The zero-order chi connectivity index (χ0) is 79.9. The molecule has 8 aromatic rings.